The van der Waals surface area contributed by atoms with Crippen molar-refractivity contribution in [2.75, 3.05) is 6.61 Å². The quantitative estimate of drug-likeness (QED) is 0.859. The van der Waals surface area contributed by atoms with E-state index in [4.69, 9.17) is 4.74 Å². The monoisotopic (exact) mass is 232 g/mol. The van der Waals surface area contributed by atoms with Crippen molar-refractivity contribution in [3.05, 3.63) is 48.5 Å². The average Bonchev–Trinajstić information content (AvgIpc) is 2.77. The summed E-state index contributed by atoms with van der Waals surface area (Å²) in [5.74, 6) is 1.62. The van der Waals surface area contributed by atoms with Crippen molar-refractivity contribution in [2.45, 2.75) is 19.6 Å². The topological polar surface area (TPSA) is 47.3 Å². The number of aromatic nitrogens is 2. The Hall–Kier alpha value is -1.81. The summed E-state index contributed by atoms with van der Waals surface area (Å²) in [6.07, 6.45) is 3.40. The minimum Gasteiger partial charge on any atom is -0.493 e. The second-order valence-electron chi connectivity index (χ2n) is 3.81. The number of hydrogen-bond donors (Lipinski definition) is 1. The van der Waals surface area contributed by atoms with E-state index < -0.39 is 6.23 Å². The molecule has 0 bridgehead atoms. The van der Waals surface area contributed by atoms with Crippen LogP contribution in [0.15, 0.2) is 42.7 Å². The van der Waals surface area contributed by atoms with Crippen LogP contribution in [0.1, 0.15) is 18.5 Å². The molecular formula is C13H16N2O2. The first-order valence-electron chi connectivity index (χ1n) is 5.63. The van der Waals surface area contributed by atoms with Gasteiger partial charge in [-0.1, -0.05) is 18.2 Å². The molecular weight excluding hydrogens is 216 g/mol. The SMILES string of the molecule is Cc1nccn1C(O)CCOc1ccccc1. The number of benzene rings is 1. The number of para-hydroxylation sites is 1. The average molecular weight is 232 g/mol. The predicted octanol–water partition coefficient (Wildman–Crippen LogP) is 2.15. The van der Waals surface area contributed by atoms with Crippen LogP contribution in [0.25, 0.3) is 0 Å². The Morgan fingerprint density at radius 3 is 2.76 bits per heavy atom. The number of rotatable bonds is 5. The van der Waals surface area contributed by atoms with Gasteiger partial charge < -0.3 is 14.4 Å². The van der Waals surface area contributed by atoms with Crippen LogP contribution in [0.4, 0.5) is 0 Å². The van der Waals surface area contributed by atoms with Crippen molar-refractivity contribution in [3.8, 4) is 5.75 Å². The fourth-order valence-electron chi connectivity index (χ4n) is 1.64. The molecule has 0 aliphatic rings. The molecule has 0 aliphatic carbocycles. The van der Waals surface area contributed by atoms with Crippen molar-refractivity contribution in [2.24, 2.45) is 0 Å². The highest BCUT2D eigenvalue weighted by Crippen LogP contribution is 2.13. The van der Waals surface area contributed by atoms with E-state index in [0.29, 0.717) is 13.0 Å². The molecule has 0 saturated heterocycles. The standard InChI is InChI=1S/C13H16N2O2/c1-11-14-8-9-15(11)13(16)7-10-17-12-5-3-2-4-6-12/h2-6,8-9,13,16H,7,10H2,1H3. The van der Waals surface area contributed by atoms with Crippen LogP contribution in [-0.4, -0.2) is 21.3 Å². The maximum Gasteiger partial charge on any atom is 0.135 e. The first kappa shape index (κ1) is 11.7. The van der Waals surface area contributed by atoms with Gasteiger partial charge in [0, 0.05) is 18.8 Å². The first-order chi connectivity index (χ1) is 8.27. The van der Waals surface area contributed by atoms with Gasteiger partial charge in [-0.3, -0.25) is 0 Å². The summed E-state index contributed by atoms with van der Waals surface area (Å²) < 4.78 is 7.25. The fourth-order valence-corrected chi connectivity index (χ4v) is 1.64. The maximum atomic E-state index is 9.91. The van der Waals surface area contributed by atoms with Crippen LogP contribution in [0.2, 0.25) is 0 Å². The number of aryl methyl sites for hydroxylation is 1. The largest absolute Gasteiger partial charge is 0.493 e. The molecule has 1 aromatic carbocycles. The Labute approximate surface area is 100 Å². The van der Waals surface area contributed by atoms with Gasteiger partial charge in [-0.15, -0.1) is 0 Å². The Bertz CT molecular complexity index is 453. The smallest absolute Gasteiger partial charge is 0.135 e. The summed E-state index contributed by atoms with van der Waals surface area (Å²) in [4.78, 5) is 4.07. The Kier molecular flexibility index (Phi) is 3.77. The first-order valence-corrected chi connectivity index (χ1v) is 5.63. The van der Waals surface area contributed by atoms with Crippen molar-refractivity contribution < 1.29 is 9.84 Å². The zero-order chi connectivity index (χ0) is 12.1. The number of hydrogen-bond acceptors (Lipinski definition) is 3. The third-order valence-electron chi connectivity index (χ3n) is 2.57. The fraction of sp³-hybridized carbons (Fsp3) is 0.308. The summed E-state index contributed by atoms with van der Waals surface area (Å²) in [6, 6.07) is 9.58. The third-order valence-corrected chi connectivity index (χ3v) is 2.57. The maximum absolute atomic E-state index is 9.91. The van der Waals surface area contributed by atoms with Crippen molar-refractivity contribution in [3.63, 3.8) is 0 Å². The molecule has 4 heteroatoms. The number of imidazole rings is 1. The molecule has 1 heterocycles. The van der Waals surface area contributed by atoms with Gasteiger partial charge in [0.2, 0.25) is 0 Å². The lowest BCUT2D eigenvalue weighted by molar-refractivity contribution is 0.0753. The highest BCUT2D eigenvalue weighted by atomic mass is 16.5. The molecule has 0 radical (unpaired) electrons. The van der Waals surface area contributed by atoms with Crippen LogP contribution >= 0.6 is 0 Å². The van der Waals surface area contributed by atoms with Crippen molar-refractivity contribution >= 4 is 0 Å². The molecule has 1 aromatic heterocycles. The summed E-state index contributed by atoms with van der Waals surface area (Å²) in [5.41, 5.74) is 0. The van der Waals surface area contributed by atoms with E-state index in [0.717, 1.165) is 11.6 Å². The van der Waals surface area contributed by atoms with Gasteiger partial charge in [-0.25, -0.2) is 4.98 Å². The molecule has 0 spiro atoms. The minimum absolute atomic E-state index is 0.475. The van der Waals surface area contributed by atoms with Crippen molar-refractivity contribution in [1.82, 2.24) is 9.55 Å². The molecule has 4 nitrogen and oxygen atoms in total. The summed E-state index contributed by atoms with van der Waals surface area (Å²) in [5, 5.41) is 9.91. The molecule has 0 amide bonds. The minimum atomic E-state index is -0.582. The second-order valence-corrected chi connectivity index (χ2v) is 3.81. The molecule has 0 fully saturated rings. The van der Waals surface area contributed by atoms with Crippen LogP contribution in [0.3, 0.4) is 0 Å². The van der Waals surface area contributed by atoms with E-state index in [1.165, 1.54) is 0 Å². The molecule has 0 aliphatic heterocycles. The van der Waals surface area contributed by atoms with Crippen LogP contribution in [0.5, 0.6) is 5.75 Å². The predicted molar refractivity (Wildman–Crippen MR) is 64.8 cm³/mol. The van der Waals surface area contributed by atoms with Gasteiger partial charge >= 0.3 is 0 Å². The Morgan fingerprint density at radius 1 is 1.35 bits per heavy atom. The summed E-state index contributed by atoms with van der Waals surface area (Å²) in [7, 11) is 0. The lowest BCUT2D eigenvalue weighted by atomic mass is 10.3. The normalized spacial score (nSPS) is 12.4. The zero-order valence-corrected chi connectivity index (χ0v) is 9.78. The van der Waals surface area contributed by atoms with Crippen LogP contribution in [0, 0.1) is 6.92 Å². The van der Waals surface area contributed by atoms with Gasteiger partial charge in [0.15, 0.2) is 0 Å². The van der Waals surface area contributed by atoms with E-state index in [1.807, 2.05) is 37.3 Å². The Balaban J connectivity index is 1.81. The highest BCUT2D eigenvalue weighted by molar-refractivity contribution is 5.20. The van der Waals surface area contributed by atoms with Gasteiger partial charge in [0.1, 0.15) is 17.8 Å². The molecule has 17 heavy (non-hydrogen) atoms. The zero-order valence-electron chi connectivity index (χ0n) is 9.78. The van der Waals surface area contributed by atoms with E-state index >= 15 is 0 Å². The van der Waals surface area contributed by atoms with Gasteiger partial charge in [-0.2, -0.15) is 0 Å². The number of ether oxygens (including phenoxy) is 1. The number of aliphatic hydroxyl groups excluding tert-OH is 1. The van der Waals surface area contributed by atoms with Gasteiger partial charge in [0.05, 0.1) is 6.61 Å². The van der Waals surface area contributed by atoms with Crippen molar-refractivity contribution in [1.29, 1.82) is 0 Å². The second kappa shape index (κ2) is 5.50. The van der Waals surface area contributed by atoms with E-state index in [9.17, 15) is 5.11 Å². The van der Waals surface area contributed by atoms with E-state index in [1.54, 1.807) is 17.0 Å². The van der Waals surface area contributed by atoms with E-state index in [2.05, 4.69) is 4.98 Å². The molecule has 0 saturated carbocycles. The van der Waals surface area contributed by atoms with Gasteiger partial charge in [0.25, 0.3) is 0 Å². The molecule has 1 atom stereocenters. The number of aliphatic hydroxyl groups is 1. The molecule has 1 N–H and O–H groups in total. The highest BCUT2D eigenvalue weighted by Gasteiger charge is 2.08. The number of nitrogens with zero attached hydrogens (tertiary/aromatic N) is 2. The van der Waals surface area contributed by atoms with Crippen LogP contribution < -0.4 is 4.74 Å². The molecule has 90 valence electrons. The van der Waals surface area contributed by atoms with Gasteiger partial charge in [-0.05, 0) is 19.1 Å². The molecule has 2 rings (SSSR count). The lowest BCUT2D eigenvalue weighted by Gasteiger charge is -2.14. The van der Waals surface area contributed by atoms with Crippen LogP contribution in [-0.2, 0) is 0 Å². The van der Waals surface area contributed by atoms with E-state index in [-0.39, 0.29) is 0 Å². The third kappa shape index (κ3) is 3.07. The molecule has 1 unspecified atom stereocenters. The summed E-state index contributed by atoms with van der Waals surface area (Å²) >= 11 is 0. The molecule has 2 aromatic rings. The summed E-state index contributed by atoms with van der Waals surface area (Å²) in [6.45, 7) is 2.34. The lowest BCUT2D eigenvalue weighted by Crippen LogP contribution is -2.12. The Morgan fingerprint density at radius 2 is 2.12 bits per heavy atom.